The molecule has 0 unspecified atom stereocenters. The second kappa shape index (κ2) is 10.9. The van der Waals surface area contributed by atoms with E-state index >= 15 is 0 Å². The van der Waals surface area contributed by atoms with Crippen LogP contribution in [0.5, 0.6) is 0 Å². The molecule has 0 aliphatic carbocycles. The van der Waals surface area contributed by atoms with E-state index in [0.717, 1.165) is 19.1 Å². The Bertz CT molecular complexity index is 155. The molecule has 0 fully saturated rings. The van der Waals surface area contributed by atoms with Crippen molar-refractivity contribution in [3.05, 3.63) is 36.4 Å². The number of hydrogen-bond donors (Lipinski definition) is 0. The SMILES string of the molecule is CCCCCC=O.c1ccccc1. The summed E-state index contributed by atoms with van der Waals surface area (Å²) in [5.74, 6) is 0. The van der Waals surface area contributed by atoms with Crippen LogP contribution >= 0.6 is 0 Å². The molecule has 0 aliphatic rings. The maximum Gasteiger partial charge on any atom is 0.119 e. The van der Waals surface area contributed by atoms with Gasteiger partial charge in [0.05, 0.1) is 0 Å². The van der Waals surface area contributed by atoms with Gasteiger partial charge in [-0.25, -0.2) is 0 Å². The topological polar surface area (TPSA) is 17.1 Å². The minimum atomic E-state index is 0.744. The second-order valence-corrected chi connectivity index (χ2v) is 2.82. The third-order valence-corrected chi connectivity index (χ3v) is 1.59. The summed E-state index contributed by atoms with van der Waals surface area (Å²) in [6, 6.07) is 12.0. The molecule has 13 heavy (non-hydrogen) atoms. The smallest absolute Gasteiger partial charge is 0.119 e. The standard InChI is InChI=1S/C6H12O.C6H6/c1-2-3-4-5-6-7;1-2-4-6-5-3-1/h6H,2-5H2,1H3;1-6H. The zero-order valence-corrected chi connectivity index (χ0v) is 8.28. The van der Waals surface area contributed by atoms with Crippen LogP contribution in [0.1, 0.15) is 32.6 Å². The Kier molecular flexibility index (Phi) is 9.96. The highest BCUT2D eigenvalue weighted by Crippen LogP contribution is 1.94. The van der Waals surface area contributed by atoms with Gasteiger partial charge in [0, 0.05) is 6.42 Å². The van der Waals surface area contributed by atoms with Crippen molar-refractivity contribution in [1.82, 2.24) is 0 Å². The highest BCUT2D eigenvalue weighted by molar-refractivity contribution is 5.48. The molecule has 0 aliphatic heterocycles. The van der Waals surface area contributed by atoms with Crippen LogP contribution in [-0.2, 0) is 4.79 Å². The van der Waals surface area contributed by atoms with Gasteiger partial charge >= 0.3 is 0 Å². The Hall–Kier alpha value is -1.11. The first kappa shape index (κ1) is 11.9. The van der Waals surface area contributed by atoms with E-state index in [-0.39, 0.29) is 0 Å². The normalized spacial score (nSPS) is 8.38. The predicted octanol–water partition coefficient (Wildman–Crippen LogP) is 3.45. The summed E-state index contributed by atoms with van der Waals surface area (Å²) in [5.41, 5.74) is 0. The Morgan fingerprint density at radius 3 is 1.69 bits per heavy atom. The lowest BCUT2D eigenvalue weighted by Gasteiger charge is -1.85. The van der Waals surface area contributed by atoms with Crippen LogP contribution in [0.15, 0.2) is 36.4 Å². The van der Waals surface area contributed by atoms with Gasteiger partial charge in [0.2, 0.25) is 0 Å². The lowest BCUT2D eigenvalue weighted by Crippen LogP contribution is -1.73. The van der Waals surface area contributed by atoms with E-state index in [2.05, 4.69) is 6.92 Å². The average molecular weight is 178 g/mol. The van der Waals surface area contributed by atoms with Crippen LogP contribution in [0.2, 0.25) is 0 Å². The number of unbranched alkanes of at least 4 members (excludes halogenated alkanes) is 3. The molecule has 0 N–H and O–H groups in total. The zero-order valence-electron chi connectivity index (χ0n) is 8.28. The molecular weight excluding hydrogens is 160 g/mol. The molecule has 1 aromatic carbocycles. The van der Waals surface area contributed by atoms with Crippen molar-refractivity contribution in [2.45, 2.75) is 32.6 Å². The lowest BCUT2D eigenvalue weighted by molar-refractivity contribution is -0.107. The van der Waals surface area contributed by atoms with Crippen molar-refractivity contribution in [3.8, 4) is 0 Å². The molecule has 0 aromatic heterocycles. The van der Waals surface area contributed by atoms with E-state index in [1.165, 1.54) is 12.8 Å². The quantitative estimate of drug-likeness (QED) is 0.510. The van der Waals surface area contributed by atoms with E-state index in [1.807, 2.05) is 36.4 Å². The first-order chi connectivity index (χ1) is 6.41. The summed E-state index contributed by atoms with van der Waals surface area (Å²) in [6.07, 6.45) is 5.19. The first-order valence-electron chi connectivity index (χ1n) is 4.85. The average Bonchev–Trinajstić information content (AvgIpc) is 2.22. The number of aldehydes is 1. The fraction of sp³-hybridized carbons (Fsp3) is 0.417. The molecule has 72 valence electrons. The highest BCUT2D eigenvalue weighted by atomic mass is 16.1. The van der Waals surface area contributed by atoms with Gasteiger partial charge in [-0.3, -0.25) is 0 Å². The molecular formula is C12H18O. The van der Waals surface area contributed by atoms with Gasteiger partial charge in [-0.1, -0.05) is 56.2 Å². The summed E-state index contributed by atoms with van der Waals surface area (Å²) in [7, 11) is 0. The van der Waals surface area contributed by atoms with Gasteiger partial charge in [0.25, 0.3) is 0 Å². The molecule has 1 nitrogen and oxygen atoms in total. The van der Waals surface area contributed by atoms with Gasteiger partial charge in [-0.05, 0) is 6.42 Å². The molecule has 0 saturated carbocycles. The second-order valence-electron chi connectivity index (χ2n) is 2.82. The van der Waals surface area contributed by atoms with E-state index in [9.17, 15) is 4.79 Å². The van der Waals surface area contributed by atoms with Crippen LogP contribution in [0.3, 0.4) is 0 Å². The first-order valence-corrected chi connectivity index (χ1v) is 4.85. The number of carbonyl (C=O) groups is 1. The maximum absolute atomic E-state index is 9.68. The number of rotatable bonds is 4. The summed E-state index contributed by atoms with van der Waals surface area (Å²) < 4.78 is 0. The van der Waals surface area contributed by atoms with E-state index in [1.54, 1.807) is 0 Å². The molecule has 1 heteroatoms. The summed E-state index contributed by atoms with van der Waals surface area (Å²) in [4.78, 5) is 9.68. The van der Waals surface area contributed by atoms with Crippen LogP contribution in [0.4, 0.5) is 0 Å². The molecule has 0 heterocycles. The third kappa shape index (κ3) is 10.9. The minimum absolute atomic E-state index is 0.744. The summed E-state index contributed by atoms with van der Waals surface area (Å²) in [5, 5.41) is 0. The zero-order chi connectivity index (χ0) is 9.78. The highest BCUT2D eigenvalue weighted by Gasteiger charge is 1.80. The third-order valence-electron chi connectivity index (χ3n) is 1.59. The van der Waals surface area contributed by atoms with Gasteiger partial charge < -0.3 is 4.79 Å². The summed E-state index contributed by atoms with van der Waals surface area (Å²) in [6.45, 7) is 2.13. The lowest BCUT2D eigenvalue weighted by atomic mass is 10.2. The molecule has 0 radical (unpaired) electrons. The Morgan fingerprint density at radius 1 is 0.923 bits per heavy atom. The van der Waals surface area contributed by atoms with Crippen LogP contribution < -0.4 is 0 Å². The molecule has 1 rings (SSSR count). The Balaban J connectivity index is 0.000000223. The van der Waals surface area contributed by atoms with Gasteiger partial charge in [0.1, 0.15) is 6.29 Å². The minimum Gasteiger partial charge on any atom is -0.303 e. The van der Waals surface area contributed by atoms with Crippen molar-refractivity contribution in [3.63, 3.8) is 0 Å². The van der Waals surface area contributed by atoms with Crippen molar-refractivity contribution in [2.75, 3.05) is 0 Å². The van der Waals surface area contributed by atoms with Crippen molar-refractivity contribution < 1.29 is 4.79 Å². The molecule has 0 atom stereocenters. The van der Waals surface area contributed by atoms with E-state index in [0.29, 0.717) is 0 Å². The summed E-state index contributed by atoms with van der Waals surface area (Å²) >= 11 is 0. The number of carbonyl (C=O) groups excluding carboxylic acids is 1. The van der Waals surface area contributed by atoms with Crippen molar-refractivity contribution in [1.29, 1.82) is 0 Å². The maximum atomic E-state index is 9.68. The largest absolute Gasteiger partial charge is 0.303 e. The fourth-order valence-corrected chi connectivity index (χ4v) is 0.863. The van der Waals surface area contributed by atoms with Crippen molar-refractivity contribution in [2.24, 2.45) is 0 Å². The number of benzene rings is 1. The van der Waals surface area contributed by atoms with Crippen LogP contribution in [-0.4, -0.2) is 6.29 Å². The molecule has 1 aromatic rings. The van der Waals surface area contributed by atoms with E-state index < -0.39 is 0 Å². The number of hydrogen-bond acceptors (Lipinski definition) is 1. The predicted molar refractivity (Wildman–Crippen MR) is 56.6 cm³/mol. The molecule has 0 bridgehead atoms. The van der Waals surface area contributed by atoms with E-state index in [4.69, 9.17) is 0 Å². The van der Waals surface area contributed by atoms with Gasteiger partial charge in [-0.2, -0.15) is 0 Å². The Morgan fingerprint density at radius 2 is 1.38 bits per heavy atom. The molecule has 0 spiro atoms. The van der Waals surface area contributed by atoms with Crippen LogP contribution in [0.25, 0.3) is 0 Å². The van der Waals surface area contributed by atoms with Gasteiger partial charge in [0.15, 0.2) is 0 Å². The monoisotopic (exact) mass is 178 g/mol. The van der Waals surface area contributed by atoms with Gasteiger partial charge in [-0.15, -0.1) is 0 Å². The fourth-order valence-electron chi connectivity index (χ4n) is 0.863. The molecule has 0 amide bonds. The molecule has 0 saturated heterocycles. The van der Waals surface area contributed by atoms with Crippen LogP contribution in [0, 0.1) is 0 Å². The Labute approximate surface area is 80.8 Å². The van der Waals surface area contributed by atoms with Crippen molar-refractivity contribution >= 4 is 6.29 Å².